The number of benzene rings is 2. The van der Waals surface area contributed by atoms with Crippen molar-refractivity contribution >= 4 is 17.3 Å². The van der Waals surface area contributed by atoms with Gasteiger partial charge in [-0.2, -0.15) is 0 Å². The third-order valence-corrected chi connectivity index (χ3v) is 3.25. The van der Waals surface area contributed by atoms with Crippen molar-refractivity contribution in [1.29, 1.82) is 0 Å². The number of anilines is 1. The molecule has 1 heterocycles. The highest BCUT2D eigenvalue weighted by atomic mass is 35.5. The molecular formula is C14H12ClNO. The number of fused-ring (bicyclic) bond motifs is 1. The summed E-state index contributed by atoms with van der Waals surface area (Å²) in [5.41, 5.74) is 9.93. The van der Waals surface area contributed by atoms with Crippen molar-refractivity contribution in [2.75, 3.05) is 12.3 Å². The van der Waals surface area contributed by atoms with Crippen LogP contribution < -0.4 is 10.5 Å². The first kappa shape index (κ1) is 10.5. The number of halogens is 1. The number of nitrogens with two attached hydrogens (primary N) is 1. The standard InChI is InChI=1S/C14H12ClNO/c15-10-4-5-13(16)12(8-10)11-3-1-2-9-6-7-17-14(9)11/h1-5,8H,6-7,16H2. The van der Waals surface area contributed by atoms with Gasteiger partial charge in [-0.3, -0.25) is 0 Å². The molecule has 3 heteroatoms. The molecule has 0 aromatic heterocycles. The summed E-state index contributed by atoms with van der Waals surface area (Å²) in [6, 6.07) is 11.6. The molecular weight excluding hydrogens is 234 g/mol. The van der Waals surface area contributed by atoms with Gasteiger partial charge in [0, 0.05) is 28.3 Å². The Labute approximate surface area is 105 Å². The van der Waals surface area contributed by atoms with E-state index in [1.54, 1.807) is 6.07 Å². The summed E-state index contributed by atoms with van der Waals surface area (Å²) in [5, 5.41) is 0.685. The smallest absolute Gasteiger partial charge is 0.130 e. The van der Waals surface area contributed by atoms with Gasteiger partial charge in [0.05, 0.1) is 6.61 Å². The molecule has 2 aromatic carbocycles. The Morgan fingerprint density at radius 3 is 2.88 bits per heavy atom. The van der Waals surface area contributed by atoms with Crippen molar-refractivity contribution in [2.24, 2.45) is 0 Å². The first-order chi connectivity index (χ1) is 8.25. The maximum Gasteiger partial charge on any atom is 0.130 e. The molecule has 2 aromatic rings. The van der Waals surface area contributed by atoms with Gasteiger partial charge in [0.2, 0.25) is 0 Å². The van der Waals surface area contributed by atoms with Crippen molar-refractivity contribution < 1.29 is 4.74 Å². The van der Waals surface area contributed by atoms with Crippen LogP contribution in [0.4, 0.5) is 5.69 Å². The molecule has 0 saturated carbocycles. The molecule has 2 nitrogen and oxygen atoms in total. The fourth-order valence-corrected chi connectivity index (χ4v) is 2.36. The van der Waals surface area contributed by atoms with E-state index in [0.29, 0.717) is 5.02 Å². The van der Waals surface area contributed by atoms with Crippen LogP contribution in [0.1, 0.15) is 5.56 Å². The number of hydrogen-bond donors (Lipinski definition) is 1. The second-order valence-electron chi connectivity index (χ2n) is 4.12. The second-order valence-corrected chi connectivity index (χ2v) is 4.56. The summed E-state index contributed by atoms with van der Waals surface area (Å²) in [6.07, 6.45) is 0.962. The number of rotatable bonds is 1. The highest BCUT2D eigenvalue weighted by Crippen LogP contribution is 2.39. The Morgan fingerprint density at radius 2 is 2.00 bits per heavy atom. The molecule has 86 valence electrons. The van der Waals surface area contributed by atoms with Crippen molar-refractivity contribution in [3.8, 4) is 16.9 Å². The van der Waals surface area contributed by atoms with E-state index in [-0.39, 0.29) is 0 Å². The fourth-order valence-electron chi connectivity index (χ4n) is 2.19. The van der Waals surface area contributed by atoms with Crippen molar-refractivity contribution in [2.45, 2.75) is 6.42 Å². The number of ether oxygens (including phenoxy) is 1. The molecule has 0 aliphatic carbocycles. The fraction of sp³-hybridized carbons (Fsp3) is 0.143. The van der Waals surface area contributed by atoms with Crippen molar-refractivity contribution in [3.05, 3.63) is 47.0 Å². The van der Waals surface area contributed by atoms with Gasteiger partial charge in [0.1, 0.15) is 5.75 Å². The lowest BCUT2D eigenvalue weighted by atomic mass is 10.00. The number of hydrogen-bond acceptors (Lipinski definition) is 2. The van der Waals surface area contributed by atoms with Crippen molar-refractivity contribution in [1.82, 2.24) is 0 Å². The van der Waals surface area contributed by atoms with E-state index in [2.05, 4.69) is 6.07 Å². The van der Waals surface area contributed by atoms with Crippen LogP contribution in [0, 0.1) is 0 Å². The van der Waals surface area contributed by atoms with Crippen LogP contribution >= 0.6 is 11.6 Å². The van der Waals surface area contributed by atoms with Gasteiger partial charge in [-0.15, -0.1) is 0 Å². The minimum atomic E-state index is 0.685. The molecule has 2 N–H and O–H groups in total. The SMILES string of the molecule is Nc1ccc(Cl)cc1-c1cccc2c1OCC2. The van der Waals surface area contributed by atoms with Gasteiger partial charge in [0.15, 0.2) is 0 Å². The molecule has 1 aliphatic rings. The zero-order valence-corrected chi connectivity index (χ0v) is 10.00. The predicted molar refractivity (Wildman–Crippen MR) is 70.5 cm³/mol. The van der Waals surface area contributed by atoms with Crippen LogP contribution in [0.5, 0.6) is 5.75 Å². The molecule has 0 bridgehead atoms. The quantitative estimate of drug-likeness (QED) is 0.781. The van der Waals surface area contributed by atoms with Crippen LogP contribution in [0.3, 0.4) is 0 Å². The Bertz CT molecular complexity index is 580. The number of nitrogen functional groups attached to an aromatic ring is 1. The summed E-state index contributed by atoms with van der Waals surface area (Å²) in [4.78, 5) is 0. The maximum absolute atomic E-state index is 6.02. The van der Waals surface area contributed by atoms with E-state index in [9.17, 15) is 0 Å². The van der Waals surface area contributed by atoms with Gasteiger partial charge < -0.3 is 10.5 Å². The molecule has 0 saturated heterocycles. The zero-order valence-electron chi connectivity index (χ0n) is 9.24. The van der Waals surface area contributed by atoms with Gasteiger partial charge in [-0.25, -0.2) is 0 Å². The lowest BCUT2D eigenvalue weighted by Crippen LogP contribution is -1.93. The molecule has 0 amide bonds. The number of para-hydroxylation sites is 1. The summed E-state index contributed by atoms with van der Waals surface area (Å²) < 4.78 is 5.68. The van der Waals surface area contributed by atoms with Gasteiger partial charge >= 0.3 is 0 Å². The molecule has 0 radical (unpaired) electrons. The Morgan fingerprint density at radius 1 is 1.12 bits per heavy atom. The largest absolute Gasteiger partial charge is 0.492 e. The first-order valence-electron chi connectivity index (χ1n) is 5.56. The summed E-state index contributed by atoms with van der Waals surface area (Å²) in [6.45, 7) is 0.743. The first-order valence-corrected chi connectivity index (χ1v) is 5.93. The van der Waals surface area contributed by atoms with Crippen LogP contribution in [0.15, 0.2) is 36.4 Å². The molecule has 3 rings (SSSR count). The topological polar surface area (TPSA) is 35.2 Å². The van der Waals surface area contributed by atoms with Crippen LogP contribution in [-0.2, 0) is 6.42 Å². The monoisotopic (exact) mass is 245 g/mol. The van der Waals surface area contributed by atoms with E-state index in [0.717, 1.165) is 35.6 Å². The average molecular weight is 246 g/mol. The Balaban J connectivity index is 2.22. The molecule has 0 unspecified atom stereocenters. The zero-order chi connectivity index (χ0) is 11.8. The Hall–Kier alpha value is -1.67. The third-order valence-electron chi connectivity index (χ3n) is 3.02. The van der Waals surface area contributed by atoms with E-state index in [1.807, 2.05) is 24.3 Å². The lowest BCUT2D eigenvalue weighted by molar-refractivity contribution is 0.358. The van der Waals surface area contributed by atoms with Crippen LogP contribution in [0.2, 0.25) is 5.02 Å². The minimum absolute atomic E-state index is 0.685. The third kappa shape index (κ3) is 1.75. The lowest BCUT2D eigenvalue weighted by Gasteiger charge is -2.10. The normalized spacial score (nSPS) is 13.2. The van der Waals surface area contributed by atoms with E-state index in [1.165, 1.54) is 5.56 Å². The maximum atomic E-state index is 6.02. The van der Waals surface area contributed by atoms with E-state index in [4.69, 9.17) is 22.1 Å². The highest BCUT2D eigenvalue weighted by Gasteiger charge is 2.18. The molecule has 0 spiro atoms. The summed E-state index contributed by atoms with van der Waals surface area (Å²) >= 11 is 6.02. The summed E-state index contributed by atoms with van der Waals surface area (Å²) in [5.74, 6) is 0.946. The van der Waals surface area contributed by atoms with Crippen molar-refractivity contribution in [3.63, 3.8) is 0 Å². The van der Waals surface area contributed by atoms with Gasteiger partial charge in [-0.1, -0.05) is 29.8 Å². The van der Waals surface area contributed by atoms with Crippen LogP contribution in [-0.4, -0.2) is 6.61 Å². The molecule has 0 fully saturated rings. The highest BCUT2D eigenvalue weighted by molar-refractivity contribution is 6.31. The van der Waals surface area contributed by atoms with E-state index >= 15 is 0 Å². The minimum Gasteiger partial charge on any atom is -0.492 e. The van der Waals surface area contributed by atoms with Gasteiger partial charge in [-0.05, 0) is 23.8 Å². The Kier molecular flexibility index (Phi) is 2.45. The molecule has 0 atom stereocenters. The summed E-state index contributed by atoms with van der Waals surface area (Å²) in [7, 11) is 0. The van der Waals surface area contributed by atoms with Gasteiger partial charge in [0.25, 0.3) is 0 Å². The van der Waals surface area contributed by atoms with E-state index < -0.39 is 0 Å². The predicted octanol–water partition coefficient (Wildman–Crippen LogP) is 3.52. The van der Waals surface area contributed by atoms with Crippen LogP contribution in [0.25, 0.3) is 11.1 Å². The second kappa shape index (κ2) is 3.97. The molecule has 1 aliphatic heterocycles. The average Bonchev–Trinajstić information content (AvgIpc) is 2.80. The molecule has 17 heavy (non-hydrogen) atoms.